The van der Waals surface area contributed by atoms with Crippen molar-refractivity contribution in [2.75, 3.05) is 24.6 Å². The number of primary amides is 1. The number of pyridine rings is 1. The maximum atomic E-state index is 11.2. The molecule has 1 aromatic heterocycles. The smallest absolute Gasteiger partial charge is 0.248 e. The first kappa shape index (κ1) is 13.1. The summed E-state index contributed by atoms with van der Waals surface area (Å²) in [6.07, 6.45) is -0.601. The number of nitrogens with two attached hydrogens (primary N) is 1. The topological polar surface area (TPSA) is 68.5 Å². The van der Waals surface area contributed by atoms with E-state index in [2.05, 4.69) is 4.98 Å². The summed E-state index contributed by atoms with van der Waals surface area (Å²) < 4.78 is 5.33. The summed E-state index contributed by atoms with van der Waals surface area (Å²) in [4.78, 5) is 17.6. The lowest BCUT2D eigenvalue weighted by Crippen LogP contribution is -2.48. The Bertz CT molecular complexity index is 662. The molecule has 1 unspecified atom stereocenters. The summed E-state index contributed by atoms with van der Waals surface area (Å²) in [6.45, 7) is 1.50. The number of fused-ring (bicyclic) bond motifs is 1. The van der Waals surface area contributed by atoms with Crippen LogP contribution in [-0.4, -0.2) is 36.7 Å². The van der Waals surface area contributed by atoms with Crippen molar-refractivity contribution in [2.45, 2.75) is 6.10 Å². The summed E-state index contributed by atoms with van der Waals surface area (Å²) in [7, 11) is 0. The molecule has 2 heterocycles. The highest BCUT2D eigenvalue weighted by Crippen LogP contribution is 2.27. The highest BCUT2D eigenvalue weighted by Gasteiger charge is 2.25. The Kier molecular flexibility index (Phi) is 3.46. The van der Waals surface area contributed by atoms with Crippen LogP contribution in [0.1, 0.15) is 0 Å². The predicted molar refractivity (Wildman–Crippen MR) is 77.9 cm³/mol. The fourth-order valence-electron chi connectivity index (χ4n) is 2.33. The molecule has 5 nitrogen and oxygen atoms in total. The zero-order chi connectivity index (χ0) is 14.1. The summed E-state index contributed by atoms with van der Waals surface area (Å²) in [5.74, 6) is 0.282. The minimum Gasteiger partial charge on any atom is -0.367 e. The Balaban J connectivity index is 1.95. The molecular formula is C14H14ClN3O2. The SMILES string of the molecule is NC(=O)C1CN(c2cc3ccccc3c(Cl)n2)CCO1. The average Bonchev–Trinajstić information content (AvgIpc) is 2.47. The van der Waals surface area contributed by atoms with Gasteiger partial charge in [-0.15, -0.1) is 0 Å². The van der Waals surface area contributed by atoms with E-state index in [4.69, 9.17) is 22.1 Å². The van der Waals surface area contributed by atoms with Crippen LogP contribution in [0.5, 0.6) is 0 Å². The standard InChI is InChI=1S/C14H14ClN3O2/c15-13-10-4-2-1-3-9(10)7-12(17-13)18-5-6-20-11(8-18)14(16)19/h1-4,7,11H,5-6,8H2,(H2,16,19). The number of amides is 1. The second kappa shape index (κ2) is 5.26. The van der Waals surface area contributed by atoms with Crippen molar-refractivity contribution >= 4 is 34.1 Å². The first-order valence-electron chi connectivity index (χ1n) is 6.36. The van der Waals surface area contributed by atoms with E-state index < -0.39 is 12.0 Å². The van der Waals surface area contributed by atoms with Gasteiger partial charge in [0.1, 0.15) is 11.0 Å². The fraction of sp³-hybridized carbons (Fsp3) is 0.286. The van der Waals surface area contributed by atoms with Gasteiger partial charge in [-0.3, -0.25) is 4.79 Å². The van der Waals surface area contributed by atoms with E-state index in [1.54, 1.807) is 0 Å². The highest BCUT2D eigenvalue weighted by atomic mass is 35.5. The Hall–Kier alpha value is -1.85. The first-order chi connectivity index (χ1) is 9.65. The van der Waals surface area contributed by atoms with E-state index >= 15 is 0 Å². The van der Waals surface area contributed by atoms with E-state index in [0.29, 0.717) is 24.8 Å². The first-order valence-corrected chi connectivity index (χ1v) is 6.74. The Morgan fingerprint density at radius 1 is 1.45 bits per heavy atom. The van der Waals surface area contributed by atoms with Crippen LogP contribution in [0.4, 0.5) is 5.82 Å². The number of morpholine rings is 1. The molecule has 0 aliphatic carbocycles. The van der Waals surface area contributed by atoms with E-state index in [1.807, 2.05) is 35.2 Å². The van der Waals surface area contributed by atoms with Gasteiger partial charge < -0.3 is 15.4 Å². The normalized spacial score (nSPS) is 19.2. The Labute approximate surface area is 121 Å². The molecule has 104 valence electrons. The van der Waals surface area contributed by atoms with Crippen molar-refractivity contribution in [2.24, 2.45) is 5.73 Å². The lowest BCUT2D eigenvalue weighted by Gasteiger charge is -2.32. The molecule has 20 heavy (non-hydrogen) atoms. The van der Waals surface area contributed by atoms with Crippen molar-refractivity contribution < 1.29 is 9.53 Å². The quantitative estimate of drug-likeness (QED) is 0.853. The molecule has 1 aromatic carbocycles. The molecule has 1 aliphatic heterocycles. The number of hydrogen-bond donors (Lipinski definition) is 1. The number of benzene rings is 1. The molecular weight excluding hydrogens is 278 g/mol. The van der Waals surface area contributed by atoms with Crippen molar-refractivity contribution in [3.8, 4) is 0 Å². The number of carbonyl (C=O) groups is 1. The second-order valence-electron chi connectivity index (χ2n) is 4.70. The van der Waals surface area contributed by atoms with Gasteiger partial charge >= 0.3 is 0 Å². The van der Waals surface area contributed by atoms with E-state index in [0.717, 1.165) is 16.6 Å². The predicted octanol–water partition coefficient (Wildman–Crippen LogP) is 1.58. The molecule has 3 rings (SSSR count). The second-order valence-corrected chi connectivity index (χ2v) is 5.06. The summed E-state index contributed by atoms with van der Waals surface area (Å²) in [5, 5.41) is 2.39. The number of rotatable bonds is 2. The van der Waals surface area contributed by atoms with Crippen LogP contribution in [0.15, 0.2) is 30.3 Å². The van der Waals surface area contributed by atoms with E-state index in [-0.39, 0.29) is 0 Å². The Morgan fingerprint density at radius 3 is 3.05 bits per heavy atom. The molecule has 1 saturated heterocycles. The van der Waals surface area contributed by atoms with Gasteiger partial charge in [0.2, 0.25) is 5.91 Å². The van der Waals surface area contributed by atoms with Gasteiger partial charge in [-0.2, -0.15) is 0 Å². The maximum Gasteiger partial charge on any atom is 0.248 e. The molecule has 6 heteroatoms. The number of halogens is 1. The van der Waals surface area contributed by atoms with Crippen LogP contribution in [0, 0.1) is 0 Å². The van der Waals surface area contributed by atoms with Crippen molar-refractivity contribution in [3.05, 3.63) is 35.5 Å². The zero-order valence-corrected chi connectivity index (χ0v) is 11.5. The van der Waals surface area contributed by atoms with Gasteiger partial charge in [0.25, 0.3) is 0 Å². The van der Waals surface area contributed by atoms with Gasteiger partial charge in [0.15, 0.2) is 6.10 Å². The number of ether oxygens (including phenoxy) is 1. The van der Waals surface area contributed by atoms with Crippen molar-refractivity contribution in [1.82, 2.24) is 4.98 Å². The van der Waals surface area contributed by atoms with E-state index in [9.17, 15) is 4.79 Å². The van der Waals surface area contributed by atoms with Gasteiger partial charge in [-0.05, 0) is 11.5 Å². The fourth-order valence-corrected chi connectivity index (χ4v) is 2.59. The molecule has 0 bridgehead atoms. The lowest BCUT2D eigenvalue weighted by molar-refractivity contribution is -0.130. The van der Waals surface area contributed by atoms with Crippen LogP contribution in [0.2, 0.25) is 5.15 Å². The van der Waals surface area contributed by atoms with Gasteiger partial charge in [-0.1, -0.05) is 35.9 Å². The van der Waals surface area contributed by atoms with Crippen molar-refractivity contribution in [1.29, 1.82) is 0 Å². The number of hydrogen-bond acceptors (Lipinski definition) is 4. The van der Waals surface area contributed by atoms with Crippen molar-refractivity contribution in [3.63, 3.8) is 0 Å². The van der Waals surface area contributed by atoms with E-state index in [1.165, 1.54) is 0 Å². The van der Waals surface area contributed by atoms with Gasteiger partial charge in [0, 0.05) is 11.9 Å². The molecule has 0 radical (unpaired) electrons. The maximum absolute atomic E-state index is 11.2. The lowest BCUT2D eigenvalue weighted by atomic mass is 10.1. The minimum absolute atomic E-state index is 0.400. The van der Waals surface area contributed by atoms with Crippen LogP contribution in [-0.2, 0) is 9.53 Å². The number of aromatic nitrogens is 1. The molecule has 0 spiro atoms. The number of carbonyl (C=O) groups excluding carboxylic acids is 1. The molecule has 1 fully saturated rings. The average molecular weight is 292 g/mol. The van der Waals surface area contributed by atoms with Crippen LogP contribution < -0.4 is 10.6 Å². The van der Waals surface area contributed by atoms with Crippen LogP contribution in [0.3, 0.4) is 0 Å². The highest BCUT2D eigenvalue weighted by molar-refractivity contribution is 6.34. The zero-order valence-electron chi connectivity index (χ0n) is 10.8. The summed E-state index contributed by atoms with van der Waals surface area (Å²) >= 11 is 6.22. The third-order valence-electron chi connectivity index (χ3n) is 3.39. The third kappa shape index (κ3) is 2.42. The Morgan fingerprint density at radius 2 is 2.25 bits per heavy atom. The largest absolute Gasteiger partial charge is 0.367 e. The minimum atomic E-state index is -0.601. The molecule has 1 aliphatic rings. The number of nitrogens with zero attached hydrogens (tertiary/aromatic N) is 2. The van der Waals surface area contributed by atoms with Crippen LogP contribution >= 0.6 is 11.6 Å². The molecule has 1 atom stereocenters. The molecule has 2 N–H and O–H groups in total. The monoisotopic (exact) mass is 291 g/mol. The van der Waals surface area contributed by atoms with Gasteiger partial charge in [-0.25, -0.2) is 4.98 Å². The molecule has 2 aromatic rings. The number of anilines is 1. The molecule has 1 amide bonds. The van der Waals surface area contributed by atoms with Crippen LogP contribution in [0.25, 0.3) is 10.8 Å². The summed E-state index contributed by atoms with van der Waals surface area (Å²) in [6, 6.07) is 9.75. The summed E-state index contributed by atoms with van der Waals surface area (Å²) in [5.41, 5.74) is 5.29. The third-order valence-corrected chi connectivity index (χ3v) is 3.68. The molecule has 0 saturated carbocycles. The van der Waals surface area contributed by atoms with Gasteiger partial charge in [0.05, 0.1) is 13.2 Å².